The van der Waals surface area contributed by atoms with Crippen molar-refractivity contribution in [3.63, 3.8) is 0 Å². The van der Waals surface area contributed by atoms with Gasteiger partial charge in [0.25, 0.3) is 0 Å². The first kappa shape index (κ1) is 28.4. The van der Waals surface area contributed by atoms with Crippen molar-refractivity contribution in [1.82, 2.24) is 15.1 Å². The van der Waals surface area contributed by atoms with Gasteiger partial charge < -0.3 is 4.74 Å². The molecule has 2 rings (SSSR count). The summed E-state index contributed by atoms with van der Waals surface area (Å²) >= 11 is 0. The van der Waals surface area contributed by atoms with E-state index in [-0.39, 0.29) is 18.0 Å². The molecule has 1 N–H and O–H groups in total. The smallest absolute Gasteiger partial charge is 0.328 e. The van der Waals surface area contributed by atoms with E-state index in [9.17, 15) is 14.0 Å². The molecule has 1 heterocycles. The number of nitrogens with zero attached hydrogens (tertiary/aromatic N) is 2. The molecule has 0 aliphatic carbocycles. The largest absolute Gasteiger partial charge is 0.491 e. The molecule has 184 valence electrons. The minimum Gasteiger partial charge on any atom is -0.491 e. The fraction of sp³-hybridized carbons (Fsp3) is 0.538. The highest BCUT2D eigenvalue weighted by atomic mass is 19.1. The SMILES string of the molecule is CC.CC/C=C(\C=C(/C)F)N(C(=O)NC=O)C1CCN(Cc2cccc(OC(C)C)c2)CC1. The van der Waals surface area contributed by atoms with Gasteiger partial charge in [0.05, 0.1) is 11.9 Å². The fourth-order valence-electron chi connectivity index (χ4n) is 3.84. The molecule has 0 saturated carbocycles. The minimum atomic E-state index is -0.524. The maximum absolute atomic E-state index is 13.6. The topological polar surface area (TPSA) is 61.9 Å². The van der Waals surface area contributed by atoms with Gasteiger partial charge in [-0.1, -0.05) is 39.0 Å². The lowest BCUT2D eigenvalue weighted by molar-refractivity contribution is -0.108. The summed E-state index contributed by atoms with van der Waals surface area (Å²) in [6.07, 6.45) is 5.76. The van der Waals surface area contributed by atoms with E-state index in [1.165, 1.54) is 23.5 Å². The molecule has 1 saturated heterocycles. The molecular formula is C26H40FN3O3. The zero-order valence-electron chi connectivity index (χ0n) is 20.9. The van der Waals surface area contributed by atoms with Gasteiger partial charge in [-0.3, -0.25) is 19.9 Å². The highest BCUT2D eigenvalue weighted by molar-refractivity contribution is 5.86. The van der Waals surface area contributed by atoms with Crippen molar-refractivity contribution in [2.45, 2.75) is 79.5 Å². The maximum atomic E-state index is 13.6. The Balaban J connectivity index is 0.00000265. The zero-order valence-corrected chi connectivity index (χ0v) is 20.9. The van der Waals surface area contributed by atoms with Crippen molar-refractivity contribution in [2.75, 3.05) is 13.1 Å². The quantitative estimate of drug-likeness (QED) is 0.373. The summed E-state index contributed by atoms with van der Waals surface area (Å²) in [4.78, 5) is 27.3. The van der Waals surface area contributed by atoms with Crippen molar-refractivity contribution in [3.05, 3.63) is 53.5 Å². The molecule has 0 atom stereocenters. The van der Waals surface area contributed by atoms with E-state index in [1.54, 1.807) is 6.08 Å². The van der Waals surface area contributed by atoms with E-state index in [0.717, 1.165) is 38.2 Å². The normalized spacial score (nSPS) is 15.5. The van der Waals surface area contributed by atoms with Gasteiger partial charge in [0, 0.05) is 31.4 Å². The average Bonchev–Trinajstić information content (AvgIpc) is 2.76. The molecule has 1 aromatic rings. The first-order valence-corrected chi connectivity index (χ1v) is 11.9. The Bertz CT molecular complexity index is 796. The third-order valence-electron chi connectivity index (χ3n) is 5.04. The van der Waals surface area contributed by atoms with Crippen LogP contribution in [0.4, 0.5) is 9.18 Å². The van der Waals surface area contributed by atoms with Crippen LogP contribution < -0.4 is 10.1 Å². The van der Waals surface area contributed by atoms with Crippen LogP contribution in [0.2, 0.25) is 0 Å². The number of likely N-dealkylation sites (tertiary alicyclic amines) is 1. The van der Waals surface area contributed by atoms with E-state index < -0.39 is 6.03 Å². The van der Waals surface area contributed by atoms with Crippen molar-refractivity contribution in [3.8, 4) is 5.75 Å². The first-order valence-electron chi connectivity index (χ1n) is 11.9. The van der Waals surface area contributed by atoms with E-state index in [1.807, 2.05) is 46.8 Å². The third-order valence-corrected chi connectivity index (χ3v) is 5.04. The Kier molecular flexibility index (Phi) is 13.1. The number of imide groups is 1. The molecule has 0 aromatic heterocycles. The molecule has 0 radical (unpaired) electrons. The van der Waals surface area contributed by atoms with Crippen LogP contribution in [0, 0.1) is 0 Å². The Morgan fingerprint density at radius 1 is 1.30 bits per heavy atom. The predicted octanol–water partition coefficient (Wildman–Crippen LogP) is 5.80. The van der Waals surface area contributed by atoms with Crippen molar-refractivity contribution >= 4 is 12.4 Å². The monoisotopic (exact) mass is 461 g/mol. The van der Waals surface area contributed by atoms with Crippen LogP contribution >= 0.6 is 0 Å². The summed E-state index contributed by atoms with van der Waals surface area (Å²) in [5.74, 6) is 0.478. The van der Waals surface area contributed by atoms with Gasteiger partial charge in [0.15, 0.2) is 0 Å². The second-order valence-electron chi connectivity index (χ2n) is 8.03. The number of allylic oxidation sites excluding steroid dienone is 3. The number of nitrogens with one attached hydrogen (secondary N) is 1. The number of rotatable bonds is 9. The number of carbonyl (C=O) groups is 2. The molecule has 1 aliphatic rings. The van der Waals surface area contributed by atoms with Crippen LogP contribution in [0.5, 0.6) is 5.75 Å². The molecule has 0 bridgehead atoms. The number of carbonyl (C=O) groups excluding carboxylic acids is 2. The van der Waals surface area contributed by atoms with Gasteiger partial charge in [0.2, 0.25) is 6.41 Å². The number of urea groups is 1. The van der Waals surface area contributed by atoms with Gasteiger partial charge in [0.1, 0.15) is 5.75 Å². The Hall–Kier alpha value is -2.67. The summed E-state index contributed by atoms with van der Waals surface area (Å²) in [7, 11) is 0. The highest BCUT2D eigenvalue weighted by Gasteiger charge is 2.30. The van der Waals surface area contributed by atoms with E-state index >= 15 is 0 Å². The lowest BCUT2D eigenvalue weighted by Crippen LogP contribution is -2.49. The van der Waals surface area contributed by atoms with Crippen LogP contribution in [0.3, 0.4) is 0 Å². The summed E-state index contributed by atoms with van der Waals surface area (Å²) < 4.78 is 19.4. The molecular weight excluding hydrogens is 421 g/mol. The Labute approximate surface area is 198 Å². The molecule has 33 heavy (non-hydrogen) atoms. The molecule has 3 amide bonds. The summed E-state index contributed by atoms with van der Waals surface area (Å²) in [6.45, 7) is 13.7. The van der Waals surface area contributed by atoms with Gasteiger partial charge >= 0.3 is 6.03 Å². The molecule has 7 heteroatoms. The minimum absolute atomic E-state index is 0.111. The van der Waals surface area contributed by atoms with E-state index in [4.69, 9.17) is 4.74 Å². The third kappa shape index (κ3) is 9.78. The summed E-state index contributed by atoms with van der Waals surface area (Å²) in [5, 5.41) is 2.21. The lowest BCUT2D eigenvalue weighted by atomic mass is 10.0. The molecule has 0 spiro atoms. The van der Waals surface area contributed by atoms with Crippen molar-refractivity contribution < 1.29 is 18.7 Å². The number of hydrogen-bond acceptors (Lipinski definition) is 4. The fourth-order valence-corrected chi connectivity index (χ4v) is 3.84. The summed E-state index contributed by atoms with van der Waals surface area (Å²) in [6, 6.07) is 7.47. The van der Waals surface area contributed by atoms with Crippen LogP contribution in [0.15, 0.2) is 47.9 Å². The van der Waals surface area contributed by atoms with Crippen LogP contribution in [-0.2, 0) is 11.3 Å². The van der Waals surface area contributed by atoms with Gasteiger partial charge in [-0.15, -0.1) is 0 Å². The molecule has 1 fully saturated rings. The number of hydrogen-bond donors (Lipinski definition) is 1. The Morgan fingerprint density at radius 3 is 2.52 bits per heavy atom. The molecule has 1 aliphatic heterocycles. The lowest BCUT2D eigenvalue weighted by Gasteiger charge is -2.38. The van der Waals surface area contributed by atoms with Crippen LogP contribution in [0.1, 0.15) is 66.4 Å². The van der Waals surface area contributed by atoms with Gasteiger partial charge in [-0.2, -0.15) is 0 Å². The first-order chi connectivity index (χ1) is 15.8. The Morgan fingerprint density at radius 2 is 1.97 bits per heavy atom. The van der Waals surface area contributed by atoms with Gasteiger partial charge in [-0.25, -0.2) is 9.18 Å². The van der Waals surface area contributed by atoms with Crippen molar-refractivity contribution in [1.29, 1.82) is 0 Å². The standard InChI is InChI=1S/C24H34FN3O3.C2H6/c1-5-7-22(14-19(4)25)28(24(30)26-17-29)21-10-12-27(13-11-21)16-20-8-6-9-23(15-20)31-18(2)3;1-2/h6-9,14-15,17-18,21H,5,10-13,16H2,1-4H3,(H,26,29,30);1-2H3/b19-14+,22-7+;. The second kappa shape index (κ2) is 15.2. The number of benzene rings is 1. The molecule has 1 aromatic carbocycles. The number of piperidine rings is 1. The number of ether oxygens (including phenoxy) is 1. The highest BCUT2D eigenvalue weighted by Crippen LogP contribution is 2.25. The zero-order chi connectivity index (χ0) is 24.8. The van der Waals surface area contributed by atoms with Crippen LogP contribution in [-0.4, -0.2) is 47.5 Å². The van der Waals surface area contributed by atoms with E-state index in [2.05, 4.69) is 22.3 Å². The summed E-state index contributed by atoms with van der Waals surface area (Å²) in [5.41, 5.74) is 1.66. The predicted molar refractivity (Wildman–Crippen MR) is 132 cm³/mol. The second-order valence-corrected chi connectivity index (χ2v) is 8.03. The maximum Gasteiger partial charge on any atom is 0.328 e. The average molecular weight is 462 g/mol. The molecule has 6 nitrogen and oxygen atoms in total. The number of amides is 3. The number of halogens is 1. The van der Waals surface area contributed by atoms with E-state index in [0.29, 0.717) is 18.5 Å². The molecule has 0 unspecified atom stereocenters. The van der Waals surface area contributed by atoms with Crippen molar-refractivity contribution in [2.24, 2.45) is 0 Å². The van der Waals surface area contributed by atoms with Crippen LogP contribution in [0.25, 0.3) is 0 Å². The van der Waals surface area contributed by atoms with Gasteiger partial charge in [-0.05, 0) is 63.8 Å².